The molecule has 0 saturated heterocycles. The zero-order chi connectivity index (χ0) is 8.85. The van der Waals surface area contributed by atoms with E-state index in [0.717, 1.165) is 0 Å². The highest BCUT2D eigenvalue weighted by molar-refractivity contribution is 5.71. The maximum atomic E-state index is 10.0. The number of aliphatic hydroxyl groups excluding tert-OH is 3. The van der Waals surface area contributed by atoms with Crippen LogP contribution in [0.5, 0.6) is 0 Å². The van der Waals surface area contributed by atoms with Gasteiger partial charge >= 0.3 is 5.97 Å². The average Bonchev–Trinajstić information content (AvgIpc) is 1.99. The summed E-state index contributed by atoms with van der Waals surface area (Å²) in [5, 5.41) is 33.9. The van der Waals surface area contributed by atoms with Crippen LogP contribution in [0.4, 0.5) is 0 Å². The molecular formula is C6H12O5. The molecule has 0 aliphatic rings. The molecule has 0 spiro atoms. The van der Waals surface area contributed by atoms with Crippen molar-refractivity contribution in [2.24, 2.45) is 0 Å². The van der Waals surface area contributed by atoms with Crippen LogP contribution in [0.3, 0.4) is 0 Å². The number of aliphatic hydroxyl groups is 3. The van der Waals surface area contributed by atoms with E-state index in [9.17, 15) is 4.79 Å². The van der Waals surface area contributed by atoms with E-state index in [1.807, 2.05) is 0 Å². The standard InChI is InChI=1S/C6H12O5/c7-3-4(8)1-2-5(9)6(10)11/h4-5,7-9H,1-3H2,(H,10,11). The molecule has 0 heterocycles. The number of hydrogen-bond donors (Lipinski definition) is 4. The summed E-state index contributed by atoms with van der Waals surface area (Å²) in [5.74, 6) is -1.31. The first-order valence-corrected chi connectivity index (χ1v) is 3.27. The van der Waals surface area contributed by atoms with E-state index in [-0.39, 0.29) is 12.8 Å². The summed E-state index contributed by atoms with van der Waals surface area (Å²) in [6.45, 7) is -0.410. The van der Waals surface area contributed by atoms with Gasteiger partial charge in [-0.1, -0.05) is 0 Å². The Morgan fingerprint density at radius 2 is 1.82 bits per heavy atom. The average molecular weight is 164 g/mol. The lowest BCUT2D eigenvalue weighted by atomic mass is 10.1. The van der Waals surface area contributed by atoms with Gasteiger partial charge in [-0.3, -0.25) is 0 Å². The van der Waals surface area contributed by atoms with Crippen molar-refractivity contribution < 1.29 is 25.2 Å². The molecule has 0 aliphatic carbocycles. The molecule has 0 saturated carbocycles. The van der Waals surface area contributed by atoms with Gasteiger partial charge in [-0.05, 0) is 12.8 Å². The quantitative estimate of drug-likeness (QED) is 0.399. The molecule has 0 aromatic heterocycles. The van der Waals surface area contributed by atoms with Crippen molar-refractivity contribution in [2.75, 3.05) is 6.61 Å². The van der Waals surface area contributed by atoms with Crippen molar-refractivity contribution in [1.29, 1.82) is 0 Å². The Labute approximate surface area is 63.9 Å². The maximum Gasteiger partial charge on any atom is 0.332 e. The van der Waals surface area contributed by atoms with Gasteiger partial charge in [0.1, 0.15) is 0 Å². The van der Waals surface area contributed by atoms with Crippen LogP contribution in [0.1, 0.15) is 12.8 Å². The predicted molar refractivity (Wildman–Crippen MR) is 36.0 cm³/mol. The third-order valence-electron chi connectivity index (χ3n) is 1.27. The Hall–Kier alpha value is -0.650. The normalized spacial score (nSPS) is 15.9. The Kier molecular flexibility index (Phi) is 4.76. The van der Waals surface area contributed by atoms with Crippen LogP contribution in [-0.4, -0.2) is 45.2 Å². The minimum absolute atomic E-state index is 0.0446. The molecule has 2 unspecified atom stereocenters. The number of hydrogen-bond acceptors (Lipinski definition) is 4. The summed E-state index contributed by atoms with van der Waals surface area (Å²) in [6.07, 6.45) is -2.35. The highest BCUT2D eigenvalue weighted by atomic mass is 16.4. The van der Waals surface area contributed by atoms with Gasteiger partial charge in [-0.2, -0.15) is 0 Å². The molecular weight excluding hydrogens is 152 g/mol. The van der Waals surface area contributed by atoms with Crippen molar-refractivity contribution in [3.05, 3.63) is 0 Å². The molecule has 11 heavy (non-hydrogen) atoms. The second-order valence-electron chi connectivity index (χ2n) is 2.27. The highest BCUT2D eigenvalue weighted by Crippen LogP contribution is 2.00. The Morgan fingerprint density at radius 1 is 1.27 bits per heavy atom. The first-order chi connectivity index (χ1) is 5.07. The summed E-state index contributed by atoms with van der Waals surface area (Å²) in [7, 11) is 0. The van der Waals surface area contributed by atoms with Crippen LogP contribution in [0.25, 0.3) is 0 Å². The summed E-state index contributed by atoms with van der Waals surface area (Å²) < 4.78 is 0. The first-order valence-electron chi connectivity index (χ1n) is 3.27. The van der Waals surface area contributed by atoms with Crippen molar-refractivity contribution in [1.82, 2.24) is 0 Å². The summed E-state index contributed by atoms with van der Waals surface area (Å²) >= 11 is 0. The number of aliphatic carboxylic acids is 1. The second-order valence-corrected chi connectivity index (χ2v) is 2.27. The van der Waals surface area contributed by atoms with Crippen LogP contribution >= 0.6 is 0 Å². The SMILES string of the molecule is O=C(O)C(O)CCC(O)CO. The van der Waals surface area contributed by atoms with Gasteiger partial charge in [0.25, 0.3) is 0 Å². The van der Waals surface area contributed by atoms with Crippen molar-refractivity contribution >= 4 is 5.97 Å². The zero-order valence-corrected chi connectivity index (χ0v) is 5.97. The Bertz CT molecular complexity index is 124. The van der Waals surface area contributed by atoms with E-state index in [1.54, 1.807) is 0 Å². The molecule has 0 aromatic rings. The van der Waals surface area contributed by atoms with Crippen LogP contribution < -0.4 is 0 Å². The summed E-state index contributed by atoms with van der Waals surface area (Å²) in [4.78, 5) is 10.0. The van der Waals surface area contributed by atoms with Gasteiger partial charge in [-0.25, -0.2) is 4.79 Å². The van der Waals surface area contributed by atoms with E-state index >= 15 is 0 Å². The molecule has 0 fully saturated rings. The molecule has 2 atom stereocenters. The van der Waals surface area contributed by atoms with Gasteiger partial charge in [0.15, 0.2) is 6.10 Å². The third-order valence-corrected chi connectivity index (χ3v) is 1.27. The maximum absolute atomic E-state index is 10.0. The molecule has 0 aliphatic heterocycles. The lowest BCUT2D eigenvalue weighted by molar-refractivity contribution is -0.147. The number of rotatable bonds is 5. The Morgan fingerprint density at radius 3 is 2.18 bits per heavy atom. The fraction of sp³-hybridized carbons (Fsp3) is 0.833. The van der Waals surface area contributed by atoms with E-state index in [0.29, 0.717) is 0 Å². The summed E-state index contributed by atoms with van der Waals surface area (Å²) in [5.41, 5.74) is 0. The molecule has 5 nitrogen and oxygen atoms in total. The van der Waals surface area contributed by atoms with Gasteiger partial charge in [0.2, 0.25) is 0 Å². The van der Waals surface area contributed by atoms with E-state index < -0.39 is 24.8 Å². The fourth-order valence-electron chi connectivity index (χ4n) is 0.565. The molecule has 4 N–H and O–H groups in total. The monoisotopic (exact) mass is 164 g/mol. The van der Waals surface area contributed by atoms with Crippen LogP contribution in [0.15, 0.2) is 0 Å². The van der Waals surface area contributed by atoms with Crippen molar-refractivity contribution in [3.63, 3.8) is 0 Å². The highest BCUT2D eigenvalue weighted by Gasteiger charge is 2.14. The molecule has 0 amide bonds. The van der Waals surface area contributed by atoms with Crippen molar-refractivity contribution in [3.8, 4) is 0 Å². The second kappa shape index (κ2) is 5.06. The van der Waals surface area contributed by atoms with Crippen LogP contribution in [0.2, 0.25) is 0 Å². The van der Waals surface area contributed by atoms with Crippen molar-refractivity contribution in [2.45, 2.75) is 25.0 Å². The number of carbonyl (C=O) groups is 1. The van der Waals surface area contributed by atoms with E-state index in [4.69, 9.17) is 20.4 Å². The first kappa shape index (κ1) is 10.3. The van der Waals surface area contributed by atoms with Crippen LogP contribution in [-0.2, 0) is 4.79 Å². The van der Waals surface area contributed by atoms with E-state index in [1.165, 1.54) is 0 Å². The minimum Gasteiger partial charge on any atom is -0.479 e. The molecule has 0 rings (SSSR count). The van der Waals surface area contributed by atoms with Gasteiger partial charge in [0, 0.05) is 0 Å². The Balaban J connectivity index is 3.45. The fourth-order valence-corrected chi connectivity index (χ4v) is 0.565. The number of carboxylic acids is 1. The summed E-state index contributed by atoms with van der Waals surface area (Å²) in [6, 6.07) is 0. The van der Waals surface area contributed by atoms with Gasteiger partial charge in [0.05, 0.1) is 12.7 Å². The molecule has 0 radical (unpaired) electrons. The third kappa shape index (κ3) is 4.72. The smallest absolute Gasteiger partial charge is 0.332 e. The zero-order valence-electron chi connectivity index (χ0n) is 5.97. The van der Waals surface area contributed by atoms with Crippen LogP contribution in [0, 0.1) is 0 Å². The number of carboxylic acid groups (broad SMARTS) is 1. The molecule has 0 aromatic carbocycles. The van der Waals surface area contributed by atoms with Gasteiger partial charge < -0.3 is 20.4 Å². The topological polar surface area (TPSA) is 98.0 Å². The predicted octanol–water partition coefficient (Wildman–Crippen LogP) is -1.43. The van der Waals surface area contributed by atoms with Gasteiger partial charge in [-0.15, -0.1) is 0 Å². The lowest BCUT2D eigenvalue weighted by Gasteiger charge is -2.08. The minimum atomic E-state index is -1.45. The molecule has 5 heteroatoms. The van der Waals surface area contributed by atoms with E-state index in [2.05, 4.69) is 0 Å². The lowest BCUT2D eigenvalue weighted by Crippen LogP contribution is -2.22. The molecule has 66 valence electrons. The largest absolute Gasteiger partial charge is 0.479 e. The molecule has 0 bridgehead atoms.